The average Bonchev–Trinajstić information content (AvgIpc) is 2.33. The van der Waals surface area contributed by atoms with E-state index in [1.165, 1.54) is 10.5 Å². The predicted octanol–water partition coefficient (Wildman–Crippen LogP) is 3.59. The van der Waals surface area contributed by atoms with Crippen LogP contribution in [0.15, 0.2) is 27.6 Å². The van der Waals surface area contributed by atoms with Crippen molar-refractivity contribution in [2.24, 2.45) is 0 Å². The van der Waals surface area contributed by atoms with Crippen LogP contribution in [-0.2, 0) is 0 Å². The summed E-state index contributed by atoms with van der Waals surface area (Å²) in [5, 5.41) is 12.3. The lowest BCUT2D eigenvalue weighted by molar-refractivity contribution is 0.322. The zero-order valence-electron chi connectivity index (χ0n) is 10.4. The molecule has 0 heterocycles. The van der Waals surface area contributed by atoms with Crippen molar-refractivity contribution in [2.45, 2.75) is 31.2 Å². The number of thioether (sulfide) groups is 1. The van der Waals surface area contributed by atoms with Crippen molar-refractivity contribution in [1.29, 1.82) is 0 Å². The van der Waals surface area contributed by atoms with Crippen LogP contribution in [0.25, 0.3) is 0 Å². The maximum atomic E-state index is 8.79. The van der Waals surface area contributed by atoms with Crippen molar-refractivity contribution in [3.63, 3.8) is 0 Å². The third-order valence-electron chi connectivity index (χ3n) is 2.50. The van der Waals surface area contributed by atoms with E-state index in [1.54, 1.807) is 11.8 Å². The van der Waals surface area contributed by atoms with Crippen molar-refractivity contribution in [3.05, 3.63) is 28.2 Å². The second-order valence-corrected chi connectivity index (χ2v) is 5.95. The zero-order chi connectivity index (χ0) is 12.7. The Labute approximate surface area is 116 Å². The Hall–Kier alpha value is -0.0300. The van der Waals surface area contributed by atoms with E-state index in [0.717, 1.165) is 23.2 Å². The molecular formula is C13H20BrNOS. The molecule has 17 heavy (non-hydrogen) atoms. The van der Waals surface area contributed by atoms with Gasteiger partial charge in [-0.25, -0.2) is 0 Å². The van der Waals surface area contributed by atoms with Gasteiger partial charge >= 0.3 is 0 Å². The molecule has 0 radical (unpaired) electrons. The first-order chi connectivity index (χ1) is 8.19. The summed E-state index contributed by atoms with van der Waals surface area (Å²) in [5.74, 6) is 0.745. The second kappa shape index (κ2) is 8.14. The standard InChI is InChI=1S/C13H20BrNOS/c1-3-6-15-10(2)12-5-4-11(9-13(12)14)17-8-7-16/h4-5,9-10,15-16H,3,6-8H2,1-2H3. The number of benzene rings is 1. The van der Waals surface area contributed by atoms with Crippen molar-refractivity contribution in [2.75, 3.05) is 18.9 Å². The van der Waals surface area contributed by atoms with Gasteiger partial charge in [0.25, 0.3) is 0 Å². The highest BCUT2D eigenvalue weighted by molar-refractivity contribution is 9.10. The molecule has 0 saturated heterocycles. The monoisotopic (exact) mass is 317 g/mol. The smallest absolute Gasteiger partial charge is 0.0525 e. The van der Waals surface area contributed by atoms with Gasteiger partial charge in [0.05, 0.1) is 6.61 Å². The first-order valence-corrected chi connectivity index (χ1v) is 7.73. The van der Waals surface area contributed by atoms with Gasteiger partial charge in [0.1, 0.15) is 0 Å². The van der Waals surface area contributed by atoms with E-state index in [4.69, 9.17) is 5.11 Å². The first kappa shape index (κ1) is 15.0. The first-order valence-electron chi connectivity index (χ1n) is 5.95. The number of aliphatic hydroxyl groups excluding tert-OH is 1. The van der Waals surface area contributed by atoms with Crippen LogP contribution in [0.5, 0.6) is 0 Å². The fraction of sp³-hybridized carbons (Fsp3) is 0.538. The van der Waals surface area contributed by atoms with Gasteiger partial charge in [0.15, 0.2) is 0 Å². The Morgan fingerprint density at radius 3 is 2.82 bits per heavy atom. The summed E-state index contributed by atoms with van der Waals surface area (Å²) in [6.45, 7) is 5.60. The maximum absolute atomic E-state index is 8.79. The molecule has 1 unspecified atom stereocenters. The van der Waals surface area contributed by atoms with Crippen molar-refractivity contribution in [3.8, 4) is 0 Å². The summed E-state index contributed by atoms with van der Waals surface area (Å²) < 4.78 is 1.14. The molecule has 4 heteroatoms. The molecule has 1 aromatic carbocycles. The maximum Gasteiger partial charge on any atom is 0.0525 e. The van der Waals surface area contributed by atoms with Crippen molar-refractivity contribution in [1.82, 2.24) is 5.32 Å². The molecule has 2 nitrogen and oxygen atoms in total. The molecule has 0 spiro atoms. The summed E-state index contributed by atoms with van der Waals surface area (Å²) in [4.78, 5) is 1.19. The molecule has 0 aliphatic carbocycles. The number of nitrogens with one attached hydrogen (secondary N) is 1. The van der Waals surface area contributed by atoms with Crippen molar-refractivity contribution < 1.29 is 5.11 Å². The van der Waals surface area contributed by atoms with Crippen LogP contribution in [0.3, 0.4) is 0 Å². The highest BCUT2D eigenvalue weighted by Crippen LogP contribution is 2.28. The molecule has 2 N–H and O–H groups in total. The normalized spacial score (nSPS) is 12.7. The summed E-state index contributed by atoms with van der Waals surface area (Å²) in [5.41, 5.74) is 1.28. The van der Waals surface area contributed by atoms with Gasteiger partial charge in [-0.3, -0.25) is 0 Å². The van der Waals surface area contributed by atoms with E-state index in [0.29, 0.717) is 6.04 Å². The topological polar surface area (TPSA) is 32.3 Å². The van der Waals surface area contributed by atoms with Crippen LogP contribution in [0.4, 0.5) is 0 Å². The lowest BCUT2D eigenvalue weighted by Crippen LogP contribution is -2.19. The number of hydrogen-bond donors (Lipinski definition) is 2. The number of halogens is 1. The van der Waals surface area contributed by atoms with E-state index >= 15 is 0 Å². The van der Waals surface area contributed by atoms with E-state index < -0.39 is 0 Å². The number of rotatable bonds is 7. The van der Waals surface area contributed by atoms with Crippen LogP contribution < -0.4 is 5.32 Å². The molecule has 0 aliphatic rings. The van der Waals surface area contributed by atoms with Crippen LogP contribution in [0, 0.1) is 0 Å². The highest BCUT2D eigenvalue weighted by atomic mass is 79.9. The fourth-order valence-electron chi connectivity index (χ4n) is 1.58. The van der Waals surface area contributed by atoms with Crippen molar-refractivity contribution >= 4 is 27.7 Å². The Kier molecular flexibility index (Phi) is 7.19. The minimum atomic E-state index is 0.221. The molecule has 96 valence electrons. The van der Waals surface area contributed by atoms with E-state index in [9.17, 15) is 0 Å². The molecule has 0 aromatic heterocycles. The van der Waals surface area contributed by atoms with Gasteiger partial charge < -0.3 is 10.4 Å². The van der Waals surface area contributed by atoms with Gasteiger partial charge in [-0.1, -0.05) is 28.9 Å². The quantitative estimate of drug-likeness (QED) is 0.754. The number of aliphatic hydroxyl groups is 1. The zero-order valence-corrected chi connectivity index (χ0v) is 12.8. The largest absolute Gasteiger partial charge is 0.396 e. The van der Waals surface area contributed by atoms with E-state index in [1.807, 2.05) is 0 Å². The Morgan fingerprint density at radius 2 is 2.24 bits per heavy atom. The average molecular weight is 318 g/mol. The van der Waals surface area contributed by atoms with Crippen LogP contribution >= 0.6 is 27.7 Å². The number of hydrogen-bond acceptors (Lipinski definition) is 3. The molecule has 1 rings (SSSR count). The molecule has 1 aromatic rings. The van der Waals surface area contributed by atoms with Gasteiger partial charge in [-0.15, -0.1) is 11.8 Å². The summed E-state index contributed by atoms with van der Waals surface area (Å²) in [6, 6.07) is 6.75. The van der Waals surface area contributed by atoms with Gasteiger partial charge in [-0.05, 0) is 37.6 Å². The molecule has 0 saturated carbocycles. The Balaban J connectivity index is 2.68. The molecule has 0 aliphatic heterocycles. The third-order valence-corrected chi connectivity index (χ3v) is 4.16. The Bertz CT molecular complexity index is 346. The van der Waals surface area contributed by atoms with E-state index in [-0.39, 0.29) is 6.61 Å². The van der Waals surface area contributed by atoms with Gasteiger partial charge in [-0.2, -0.15) is 0 Å². The lowest BCUT2D eigenvalue weighted by Gasteiger charge is -2.16. The molecule has 0 amide bonds. The van der Waals surface area contributed by atoms with Gasteiger partial charge in [0, 0.05) is 21.2 Å². The third kappa shape index (κ3) is 5.00. The summed E-state index contributed by atoms with van der Waals surface area (Å²) in [6.07, 6.45) is 1.15. The molecule has 0 bridgehead atoms. The Morgan fingerprint density at radius 1 is 1.47 bits per heavy atom. The van der Waals surface area contributed by atoms with Crippen LogP contribution in [-0.4, -0.2) is 24.0 Å². The van der Waals surface area contributed by atoms with Crippen LogP contribution in [0.1, 0.15) is 31.9 Å². The molecule has 1 atom stereocenters. The summed E-state index contributed by atoms with van der Waals surface area (Å²) >= 11 is 5.29. The predicted molar refractivity (Wildman–Crippen MR) is 78.7 cm³/mol. The molecular weight excluding hydrogens is 298 g/mol. The van der Waals surface area contributed by atoms with E-state index in [2.05, 4.69) is 53.3 Å². The minimum absolute atomic E-state index is 0.221. The highest BCUT2D eigenvalue weighted by Gasteiger charge is 2.08. The second-order valence-electron chi connectivity index (χ2n) is 3.93. The van der Waals surface area contributed by atoms with Gasteiger partial charge in [0.2, 0.25) is 0 Å². The van der Waals surface area contributed by atoms with Crippen LogP contribution in [0.2, 0.25) is 0 Å². The SMILES string of the molecule is CCCNC(C)c1ccc(SCCO)cc1Br. The lowest BCUT2D eigenvalue weighted by atomic mass is 10.1. The molecule has 0 fully saturated rings. The fourth-order valence-corrected chi connectivity index (χ4v) is 3.15. The minimum Gasteiger partial charge on any atom is -0.396 e. The summed E-state index contributed by atoms with van der Waals surface area (Å²) in [7, 11) is 0.